The second-order valence-electron chi connectivity index (χ2n) is 32.0. The zero-order chi connectivity index (χ0) is 78.8. The highest BCUT2D eigenvalue weighted by Crippen LogP contribution is 2.65. The van der Waals surface area contributed by atoms with E-state index in [-0.39, 0.29) is 6.04 Å². The molecule has 0 bridgehead atoms. The van der Waals surface area contributed by atoms with E-state index in [9.17, 15) is 6.57 Å². The fourth-order valence-corrected chi connectivity index (χ4v) is 20.8. The largest absolute Gasteiger partial charge is 0.457 e. The first-order chi connectivity index (χ1) is 59.5. The van der Waals surface area contributed by atoms with E-state index in [1.165, 1.54) is 82.4 Å². The predicted molar refractivity (Wildman–Crippen MR) is 498 cm³/mol. The molecular formula is C111H69N7O2. The fourth-order valence-electron chi connectivity index (χ4n) is 20.8. The van der Waals surface area contributed by atoms with Crippen LogP contribution >= 0.6 is 0 Å². The maximum Gasteiger partial charge on any atom is 0.199 e. The number of hydrogen-bond acceptors (Lipinski definition) is 8. The minimum Gasteiger partial charge on any atom is -0.457 e. The number of rotatable bonds is 10. The Bertz CT molecular complexity index is 8010. The molecule has 5 heterocycles. The molecule has 120 heavy (non-hydrogen) atoms. The van der Waals surface area contributed by atoms with Gasteiger partial charge in [0.15, 0.2) is 11.3 Å². The van der Waals surface area contributed by atoms with Gasteiger partial charge in [0.05, 0.1) is 41.4 Å². The first kappa shape index (κ1) is 67.4. The Kier molecular flexibility index (Phi) is 14.8. The molecule has 9 nitrogen and oxygen atoms in total. The van der Waals surface area contributed by atoms with E-state index in [1.807, 2.05) is 23.4 Å². The van der Waals surface area contributed by atoms with Crippen LogP contribution in [0.25, 0.3) is 170 Å². The SMILES string of the molecule is [C-]#[N+]c1cc2c(N(c3ccc(-c4ccccc4)cc3)c3ccc4c(c3)C3(c5ccccc5-c5ccccc53)c3ccccc3-4)c(-c3ccc(-c4ccccc4)cc3)c3cc(N4C=CC=CC4)c4oc5cc(N6C=c7cc(-c8cc9ccccc9c9ccccc89)ccc7=C7C=CC=CC76)ccc5c4c3c2c2oc3cccc(N4C=NC=NC4)c3c12. The number of hydrogen-bond donors (Lipinski definition) is 0. The van der Waals surface area contributed by atoms with Crippen molar-refractivity contribution < 1.29 is 8.83 Å². The second-order valence-corrected chi connectivity index (χ2v) is 32.0. The summed E-state index contributed by atoms with van der Waals surface area (Å²) in [7, 11) is 0. The van der Waals surface area contributed by atoms with Gasteiger partial charge in [-0.1, -0.05) is 279 Å². The van der Waals surface area contributed by atoms with Gasteiger partial charge in [-0.25, -0.2) is 9.84 Å². The van der Waals surface area contributed by atoms with Crippen molar-refractivity contribution in [2.75, 3.05) is 32.8 Å². The molecule has 25 rings (SSSR count). The van der Waals surface area contributed by atoms with Crippen LogP contribution in [-0.2, 0) is 5.41 Å². The number of fused-ring (bicyclic) bond motifs is 26. The summed E-state index contributed by atoms with van der Waals surface area (Å²) in [5.41, 5.74) is 27.5. The van der Waals surface area contributed by atoms with Crippen LogP contribution in [0.5, 0.6) is 0 Å². The number of nitrogens with zero attached hydrogens (tertiary/aromatic N) is 7. The lowest BCUT2D eigenvalue weighted by atomic mass is 9.70. The zero-order valence-corrected chi connectivity index (χ0v) is 64.9. The third-order valence-corrected chi connectivity index (χ3v) is 25.9. The molecular weight excluding hydrogens is 1460 g/mol. The Morgan fingerprint density at radius 2 is 1.07 bits per heavy atom. The van der Waals surface area contributed by atoms with Gasteiger partial charge in [0.1, 0.15) is 29.8 Å². The molecule has 0 fully saturated rings. The maximum atomic E-state index is 9.71. The van der Waals surface area contributed by atoms with Crippen molar-refractivity contribution in [2.45, 2.75) is 11.5 Å². The lowest BCUT2D eigenvalue weighted by Gasteiger charge is -2.34. The molecule has 0 N–H and O–H groups in total. The van der Waals surface area contributed by atoms with Crippen molar-refractivity contribution in [2.24, 2.45) is 9.98 Å². The molecule has 1 atom stereocenters. The first-order valence-electron chi connectivity index (χ1n) is 41.0. The molecule has 3 aliphatic carbocycles. The highest BCUT2D eigenvalue weighted by molar-refractivity contribution is 6.41. The third-order valence-electron chi connectivity index (χ3n) is 25.9. The molecule has 0 saturated heterocycles. The number of aliphatic imine (C=N–C) groups is 2. The zero-order valence-electron chi connectivity index (χ0n) is 64.9. The Balaban J connectivity index is 0.813. The Labute approximate surface area is 691 Å². The van der Waals surface area contributed by atoms with Gasteiger partial charge >= 0.3 is 0 Å². The molecule has 2 aromatic heterocycles. The molecule has 9 heteroatoms. The fraction of sp³-hybridized carbons (Fsp3) is 0.0360. The van der Waals surface area contributed by atoms with Crippen LogP contribution in [0.4, 0.5) is 39.8 Å². The predicted octanol–water partition coefficient (Wildman–Crippen LogP) is 26.8. The standard InChI is InChI=1S/C111H69N7O2/c1-112-96-62-91-105(110-106(96)107-98(40-23-41-100(107)119-110)116-66-113-65-114-67-116)103-90(63-99(115-56-21-4-22-57-115)109-104(103)88-55-51-77(61-101(88)120-109)117-64-75-58-74(48-53-80(75)87-35-16-20-39-97(87)117)89-59-73-28-9-10-29-79(73)81-30-11-12-31-82(81)89)102(72-44-42-70(43-45-72)68-24-5-2-6-25-68)108(91)118(76-49-46-71(47-50-76)69-26-7-3-8-27-69)78-52-54-86-85-34-15-19-38-94(85)111(95(86)60-78)92-36-17-13-32-83(92)84-33-14-18-37-93(84)111/h2-56,58-66,97H,57,67H2. The Morgan fingerprint density at radius 3 is 1.80 bits per heavy atom. The topological polar surface area (TPSA) is 68.3 Å². The Hall–Kier alpha value is -15.9. The van der Waals surface area contributed by atoms with Gasteiger partial charge in [0.2, 0.25) is 0 Å². The molecule has 0 amide bonds. The van der Waals surface area contributed by atoms with E-state index in [0.717, 1.165) is 127 Å². The van der Waals surface area contributed by atoms with Gasteiger partial charge in [0, 0.05) is 85.3 Å². The van der Waals surface area contributed by atoms with Gasteiger partial charge in [-0.3, -0.25) is 4.99 Å². The summed E-state index contributed by atoms with van der Waals surface area (Å²) in [5, 5.41) is 14.1. The van der Waals surface area contributed by atoms with Crippen molar-refractivity contribution in [1.29, 1.82) is 0 Å². The lowest BCUT2D eigenvalue weighted by molar-refractivity contribution is 0.668. The van der Waals surface area contributed by atoms with Crippen molar-refractivity contribution >= 4 is 151 Å². The van der Waals surface area contributed by atoms with Crippen LogP contribution in [0.15, 0.2) is 389 Å². The normalized spacial score (nSPS) is 15.0. The average Bonchev–Trinajstić information content (AvgIpc) is 1.48. The van der Waals surface area contributed by atoms with Gasteiger partial charge < -0.3 is 28.4 Å². The van der Waals surface area contributed by atoms with Crippen molar-refractivity contribution in [3.8, 4) is 66.8 Å². The molecule has 6 aliphatic rings. The van der Waals surface area contributed by atoms with Gasteiger partial charge in [-0.2, -0.15) is 0 Å². The van der Waals surface area contributed by atoms with Gasteiger partial charge in [-0.05, 0) is 205 Å². The van der Waals surface area contributed by atoms with E-state index >= 15 is 0 Å². The van der Waals surface area contributed by atoms with E-state index < -0.39 is 5.41 Å². The molecule has 560 valence electrons. The van der Waals surface area contributed by atoms with E-state index in [1.54, 1.807) is 6.34 Å². The summed E-state index contributed by atoms with van der Waals surface area (Å²) in [6, 6.07) is 118. The summed E-state index contributed by atoms with van der Waals surface area (Å²) in [6.45, 7) is 10.6. The van der Waals surface area contributed by atoms with E-state index in [4.69, 9.17) is 8.83 Å². The molecule has 0 radical (unpaired) electrons. The number of furan rings is 2. The summed E-state index contributed by atoms with van der Waals surface area (Å²) in [6.07, 6.45) is 23.3. The quantitative estimate of drug-likeness (QED) is 0.100. The molecule has 0 saturated carbocycles. The average molecular weight is 1530 g/mol. The summed E-state index contributed by atoms with van der Waals surface area (Å²) < 4.78 is 15.6. The number of allylic oxidation sites excluding steroid dienone is 4. The minimum atomic E-state index is -0.683. The van der Waals surface area contributed by atoms with Crippen LogP contribution in [0, 0.1) is 6.57 Å². The molecule has 1 spiro atoms. The second kappa shape index (κ2) is 26.3. The van der Waals surface area contributed by atoms with E-state index in [2.05, 4.69) is 394 Å². The van der Waals surface area contributed by atoms with Crippen LogP contribution in [0.2, 0.25) is 0 Å². The number of benzene rings is 17. The monoisotopic (exact) mass is 1530 g/mol. The highest BCUT2D eigenvalue weighted by atomic mass is 16.3. The molecule has 17 aromatic carbocycles. The maximum absolute atomic E-state index is 9.71. The summed E-state index contributed by atoms with van der Waals surface area (Å²) in [4.78, 5) is 23.2. The molecule has 19 aromatic rings. The number of anilines is 6. The van der Waals surface area contributed by atoms with Crippen LogP contribution < -0.4 is 30.0 Å². The lowest BCUT2D eigenvalue weighted by Crippen LogP contribution is -2.44. The highest BCUT2D eigenvalue weighted by Gasteiger charge is 2.52. The summed E-state index contributed by atoms with van der Waals surface area (Å²) >= 11 is 0. The molecule has 1 unspecified atom stereocenters. The van der Waals surface area contributed by atoms with Crippen molar-refractivity contribution in [3.63, 3.8) is 0 Å². The van der Waals surface area contributed by atoms with Crippen molar-refractivity contribution in [1.82, 2.24) is 0 Å². The van der Waals surface area contributed by atoms with Crippen molar-refractivity contribution in [3.05, 3.63) is 414 Å². The Morgan fingerprint density at radius 1 is 0.425 bits per heavy atom. The van der Waals surface area contributed by atoms with Crippen LogP contribution in [0.1, 0.15) is 22.3 Å². The first-order valence-corrected chi connectivity index (χ1v) is 41.0. The van der Waals surface area contributed by atoms with Crippen LogP contribution in [-0.4, -0.2) is 31.9 Å². The van der Waals surface area contributed by atoms with E-state index in [0.29, 0.717) is 35.5 Å². The molecule has 3 aliphatic heterocycles. The third kappa shape index (κ3) is 9.88. The van der Waals surface area contributed by atoms with Gasteiger partial charge in [-0.15, -0.1) is 0 Å². The van der Waals surface area contributed by atoms with Crippen LogP contribution in [0.3, 0.4) is 0 Å². The summed E-state index contributed by atoms with van der Waals surface area (Å²) in [5.74, 6) is 0. The smallest absolute Gasteiger partial charge is 0.199 e. The minimum absolute atomic E-state index is 0.115. The van der Waals surface area contributed by atoms with Gasteiger partial charge in [0.25, 0.3) is 0 Å².